The smallest absolute Gasteiger partial charge is 0.257 e. The van der Waals surface area contributed by atoms with Gasteiger partial charge in [0.25, 0.3) is 5.91 Å². The van der Waals surface area contributed by atoms with E-state index in [1.54, 1.807) is 18.2 Å². The van der Waals surface area contributed by atoms with Crippen LogP contribution in [-0.4, -0.2) is 47.6 Å². The molecule has 1 heterocycles. The Morgan fingerprint density at radius 3 is 2.37 bits per heavy atom. The van der Waals surface area contributed by atoms with E-state index in [1.165, 1.54) is 6.20 Å². The van der Waals surface area contributed by atoms with Crippen molar-refractivity contribution in [2.24, 2.45) is 0 Å². The summed E-state index contributed by atoms with van der Waals surface area (Å²) in [4.78, 5) is 31.0. The Morgan fingerprint density at radius 1 is 1.03 bits per heavy atom. The number of rotatable bonds is 12. The van der Waals surface area contributed by atoms with Crippen LogP contribution in [-0.2, 0) is 17.9 Å². The summed E-state index contributed by atoms with van der Waals surface area (Å²) in [6.45, 7) is 13.6. The van der Waals surface area contributed by atoms with E-state index in [4.69, 9.17) is 9.47 Å². The minimum Gasteiger partial charge on any atom is -0.494 e. The van der Waals surface area contributed by atoms with Crippen molar-refractivity contribution in [3.8, 4) is 5.75 Å². The fourth-order valence-electron chi connectivity index (χ4n) is 4.13. The van der Waals surface area contributed by atoms with Crippen LogP contribution in [0.2, 0.25) is 0 Å². The van der Waals surface area contributed by atoms with Crippen LogP contribution in [0, 0.1) is 0 Å². The Hall–Kier alpha value is -3.16. The number of hydrogen-bond donors (Lipinski definition) is 2. The molecule has 2 aromatic carbocycles. The molecule has 0 aliphatic heterocycles. The second kappa shape index (κ2) is 12.5. The van der Waals surface area contributed by atoms with Gasteiger partial charge in [0.15, 0.2) is 0 Å². The SMILES string of the molecule is CCOc1ccc2[nH]cc(C(=O)NCc3ccc(COCCN(C(C)C)C(C)C)cc3)c(=O)c2c1. The molecular weight excluding hydrogens is 442 g/mol. The lowest BCUT2D eigenvalue weighted by Gasteiger charge is -2.30. The average molecular weight is 480 g/mol. The Balaban J connectivity index is 1.53. The third-order valence-corrected chi connectivity index (χ3v) is 5.97. The highest BCUT2D eigenvalue weighted by Crippen LogP contribution is 2.17. The largest absolute Gasteiger partial charge is 0.494 e. The summed E-state index contributed by atoms with van der Waals surface area (Å²) < 4.78 is 11.3. The van der Waals surface area contributed by atoms with Gasteiger partial charge in [-0.2, -0.15) is 0 Å². The monoisotopic (exact) mass is 479 g/mol. The van der Waals surface area contributed by atoms with Gasteiger partial charge in [-0.05, 0) is 63.9 Å². The van der Waals surface area contributed by atoms with Gasteiger partial charge in [-0.1, -0.05) is 24.3 Å². The molecule has 0 radical (unpaired) electrons. The van der Waals surface area contributed by atoms with Crippen molar-refractivity contribution in [2.45, 2.75) is 59.9 Å². The number of aromatic nitrogens is 1. The Labute approximate surface area is 207 Å². The van der Waals surface area contributed by atoms with Crippen LogP contribution in [0.25, 0.3) is 10.9 Å². The summed E-state index contributed by atoms with van der Waals surface area (Å²) in [6.07, 6.45) is 1.46. The first-order valence-corrected chi connectivity index (χ1v) is 12.3. The van der Waals surface area contributed by atoms with E-state index in [0.29, 0.717) is 55.1 Å². The number of fused-ring (bicyclic) bond motifs is 1. The van der Waals surface area contributed by atoms with Crippen molar-refractivity contribution in [3.05, 3.63) is 75.6 Å². The predicted molar refractivity (Wildman–Crippen MR) is 140 cm³/mol. The molecule has 35 heavy (non-hydrogen) atoms. The molecule has 0 unspecified atom stereocenters. The van der Waals surface area contributed by atoms with Crippen LogP contribution in [0.15, 0.2) is 53.5 Å². The summed E-state index contributed by atoms with van der Waals surface area (Å²) >= 11 is 0. The van der Waals surface area contributed by atoms with Gasteiger partial charge in [0.05, 0.1) is 19.8 Å². The number of nitrogens with one attached hydrogen (secondary N) is 2. The van der Waals surface area contributed by atoms with Crippen molar-refractivity contribution < 1.29 is 14.3 Å². The third-order valence-electron chi connectivity index (χ3n) is 5.97. The lowest BCUT2D eigenvalue weighted by Crippen LogP contribution is -2.39. The Morgan fingerprint density at radius 2 is 1.71 bits per heavy atom. The maximum Gasteiger partial charge on any atom is 0.257 e. The van der Waals surface area contributed by atoms with Crippen LogP contribution < -0.4 is 15.5 Å². The third kappa shape index (κ3) is 7.16. The van der Waals surface area contributed by atoms with Crippen LogP contribution in [0.5, 0.6) is 5.75 Å². The number of aromatic amines is 1. The molecule has 1 aromatic heterocycles. The molecule has 188 valence electrons. The molecule has 7 nitrogen and oxygen atoms in total. The van der Waals surface area contributed by atoms with Gasteiger partial charge in [-0.15, -0.1) is 0 Å². The number of carbonyl (C=O) groups is 1. The molecule has 0 aliphatic rings. The zero-order valence-corrected chi connectivity index (χ0v) is 21.4. The second-order valence-corrected chi connectivity index (χ2v) is 9.15. The minimum atomic E-state index is -0.415. The molecule has 0 saturated carbocycles. The fourth-order valence-corrected chi connectivity index (χ4v) is 4.13. The topological polar surface area (TPSA) is 83.7 Å². The highest BCUT2D eigenvalue weighted by Gasteiger charge is 2.14. The molecule has 3 aromatic rings. The molecule has 0 saturated heterocycles. The van der Waals surface area contributed by atoms with Crippen molar-refractivity contribution >= 4 is 16.8 Å². The minimum absolute atomic E-state index is 0.0769. The summed E-state index contributed by atoms with van der Waals surface area (Å²) in [5.41, 5.74) is 2.45. The molecule has 1 amide bonds. The number of amides is 1. The zero-order chi connectivity index (χ0) is 25.4. The number of hydrogen-bond acceptors (Lipinski definition) is 5. The molecule has 2 N–H and O–H groups in total. The van der Waals surface area contributed by atoms with Crippen LogP contribution in [0.4, 0.5) is 0 Å². The normalized spacial score (nSPS) is 11.5. The van der Waals surface area contributed by atoms with Crippen LogP contribution in [0.1, 0.15) is 56.1 Å². The van der Waals surface area contributed by atoms with Gasteiger partial charge in [-0.25, -0.2) is 0 Å². The van der Waals surface area contributed by atoms with E-state index in [1.807, 2.05) is 31.2 Å². The molecular formula is C28H37N3O4. The van der Waals surface area contributed by atoms with E-state index in [2.05, 4.69) is 42.9 Å². The lowest BCUT2D eigenvalue weighted by atomic mass is 10.1. The first kappa shape index (κ1) is 26.4. The number of nitrogens with zero attached hydrogens (tertiary/aromatic N) is 1. The van der Waals surface area contributed by atoms with Crippen molar-refractivity contribution in [2.75, 3.05) is 19.8 Å². The second-order valence-electron chi connectivity index (χ2n) is 9.15. The van der Waals surface area contributed by atoms with Gasteiger partial charge >= 0.3 is 0 Å². The summed E-state index contributed by atoms with van der Waals surface area (Å²) in [5.74, 6) is 0.187. The van der Waals surface area contributed by atoms with E-state index in [0.717, 1.165) is 17.7 Å². The van der Waals surface area contributed by atoms with Crippen molar-refractivity contribution in [1.29, 1.82) is 0 Å². The Kier molecular flexibility index (Phi) is 9.46. The number of benzene rings is 2. The molecule has 0 bridgehead atoms. The van der Waals surface area contributed by atoms with Crippen molar-refractivity contribution in [3.63, 3.8) is 0 Å². The highest BCUT2D eigenvalue weighted by atomic mass is 16.5. The summed E-state index contributed by atoms with van der Waals surface area (Å²) in [7, 11) is 0. The molecule has 0 aliphatic carbocycles. The van der Waals surface area contributed by atoms with Gasteiger partial charge < -0.3 is 19.8 Å². The lowest BCUT2D eigenvalue weighted by molar-refractivity contribution is 0.0699. The van der Waals surface area contributed by atoms with Gasteiger partial charge in [0.2, 0.25) is 5.43 Å². The Bertz CT molecular complexity index is 1160. The molecule has 0 spiro atoms. The number of carbonyl (C=O) groups excluding carboxylic acids is 1. The van der Waals surface area contributed by atoms with E-state index < -0.39 is 5.91 Å². The average Bonchev–Trinajstić information content (AvgIpc) is 2.83. The summed E-state index contributed by atoms with van der Waals surface area (Å²) in [5, 5.41) is 3.27. The molecule has 3 rings (SSSR count). The van der Waals surface area contributed by atoms with Gasteiger partial charge in [-0.3, -0.25) is 14.5 Å². The maximum absolute atomic E-state index is 12.9. The standard InChI is InChI=1S/C28H37N3O4/c1-6-35-23-11-12-26-24(15-23)27(32)25(17-29-26)28(33)30-16-21-7-9-22(10-8-21)18-34-14-13-31(19(2)3)20(4)5/h7-12,15,17,19-20H,6,13-14,16,18H2,1-5H3,(H,29,32)(H,30,33). The van der Waals surface area contributed by atoms with Crippen LogP contribution >= 0.6 is 0 Å². The molecule has 0 fully saturated rings. The zero-order valence-electron chi connectivity index (χ0n) is 21.4. The first-order chi connectivity index (χ1) is 16.8. The first-order valence-electron chi connectivity index (χ1n) is 12.3. The van der Waals surface area contributed by atoms with Crippen LogP contribution in [0.3, 0.4) is 0 Å². The van der Waals surface area contributed by atoms with E-state index in [9.17, 15) is 9.59 Å². The number of pyridine rings is 1. The maximum atomic E-state index is 12.9. The predicted octanol–water partition coefficient (Wildman–Crippen LogP) is 4.49. The molecule has 7 heteroatoms. The fraction of sp³-hybridized carbons (Fsp3) is 0.429. The summed E-state index contributed by atoms with van der Waals surface area (Å²) in [6, 6.07) is 14.2. The van der Waals surface area contributed by atoms with E-state index >= 15 is 0 Å². The molecule has 0 atom stereocenters. The highest BCUT2D eigenvalue weighted by molar-refractivity contribution is 5.97. The van der Waals surface area contributed by atoms with E-state index in [-0.39, 0.29) is 11.0 Å². The van der Waals surface area contributed by atoms with Gasteiger partial charge in [0, 0.05) is 42.3 Å². The van der Waals surface area contributed by atoms with Gasteiger partial charge in [0.1, 0.15) is 11.3 Å². The number of ether oxygens (including phenoxy) is 2. The number of H-pyrrole nitrogens is 1. The van der Waals surface area contributed by atoms with Crippen molar-refractivity contribution in [1.82, 2.24) is 15.2 Å². The quantitative estimate of drug-likeness (QED) is 0.374.